The summed E-state index contributed by atoms with van der Waals surface area (Å²) in [5.41, 5.74) is 1.43. The first-order chi connectivity index (χ1) is 8.47. The van der Waals surface area contributed by atoms with Crippen LogP contribution in [-0.2, 0) is 6.42 Å². The first-order valence-electron chi connectivity index (χ1n) is 5.35. The molecule has 1 atom stereocenters. The average molecular weight is 340 g/mol. The Morgan fingerprint density at radius 1 is 1.28 bits per heavy atom. The molecule has 0 aliphatic rings. The van der Waals surface area contributed by atoms with Gasteiger partial charge >= 0.3 is 0 Å². The van der Waals surface area contributed by atoms with Crippen LogP contribution in [0.25, 0.3) is 0 Å². The van der Waals surface area contributed by atoms with Gasteiger partial charge in [-0.25, -0.2) is 0 Å². The van der Waals surface area contributed by atoms with Gasteiger partial charge in [0, 0.05) is 12.0 Å². The molecule has 102 valence electrons. The van der Waals surface area contributed by atoms with E-state index in [0.717, 1.165) is 10.0 Å². The van der Waals surface area contributed by atoms with Crippen LogP contribution in [0.3, 0.4) is 0 Å². The summed E-state index contributed by atoms with van der Waals surface area (Å²) in [6, 6.07) is 0. The Morgan fingerprint density at radius 3 is 2.28 bits per heavy atom. The number of benzene rings is 1. The van der Waals surface area contributed by atoms with Crippen molar-refractivity contribution in [1.82, 2.24) is 0 Å². The Bertz CT molecular complexity index is 406. The molecule has 0 aliphatic heterocycles. The standard InChI is InChI=1S/C12H16BrClO4/c1-6-9(13)11(17-2)8(4-7(16)5-15)12(18-3)10(6)14/h7,15-16H,4-5H2,1-3H3. The van der Waals surface area contributed by atoms with E-state index in [1.165, 1.54) is 14.2 Å². The summed E-state index contributed by atoms with van der Waals surface area (Å²) in [4.78, 5) is 0. The molecule has 0 aromatic heterocycles. The molecule has 0 heterocycles. The molecule has 0 saturated carbocycles. The van der Waals surface area contributed by atoms with Crippen LogP contribution in [0, 0.1) is 6.92 Å². The summed E-state index contributed by atoms with van der Waals surface area (Å²) in [6.07, 6.45) is -0.694. The molecule has 2 N–H and O–H groups in total. The minimum atomic E-state index is -0.890. The summed E-state index contributed by atoms with van der Waals surface area (Å²) in [5.74, 6) is 1.02. The second-order valence-electron chi connectivity index (χ2n) is 3.84. The highest BCUT2D eigenvalue weighted by molar-refractivity contribution is 9.10. The maximum Gasteiger partial charge on any atom is 0.144 e. The summed E-state index contributed by atoms with van der Waals surface area (Å²) < 4.78 is 11.3. The van der Waals surface area contributed by atoms with E-state index in [-0.39, 0.29) is 13.0 Å². The molecule has 1 unspecified atom stereocenters. The zero-order chi connectivity index (χ0) is 13.9. The monoisotopic (exact) mass is 338 g/mol. The van der Waals surface area contributed by atoms with E-state index in [9.17, 15) is 5.11 Å². The molecular formula is C12H16BrClO4. The second kappa shape index (κ2) is 6.61. The van der Waals surface area contributed by atoms with Crippen LogP contribution in [0.2, 0.25) is 5.02 Å². The topological polar surface area (TPSA) is 58.9 Å². The molecule has 0 aliphatic carbocycles. The third-order valence-corrected chi connectivity index (χ3v) is 4.07. The average Bonchev–Trinajstić information content (AvgIpc) is 2.37. The van der Waals surface area contributed by atoms with Crippen molar-refractivity contribution in [2.75, 3.05) is 20.8 Å². The zero-order valence-corrected chi connectivity index (χ0v) is 12.8. The third-order valence-electron chi connectivity index (χ3n) is 2.66. The van der Waals surface area contributed by atoms with Crippen LogP contribution < -0.4 is 9.47 Å². The molecule has 0 saturated heterocycles. The Balaban J connectivity index is 3.44. The van der Waals surface area contributed by atoms with Crippen molar-refractivity contribution in [2.24, 2.45) is 0 Å². The fourth-order valence-electron chi connectivity index (χ4n) is 1.72. The van der Waals surface area contributed by atoms with E-state index in [1.54, 1.807) is 0 Å². The van der Waals surface area contributed by atoms with Gasteiger partial charge in [-0.3, -0.25) is 0 Å². The smallest absolute Gasteiger partial charge is 0.144 e. The predicted molar refractivity (Wildman–Crippen MR) is 73.8 cm³/mol. The largest absolute Gasteiger partial charge is 0.495 e. The third kappa shape index (κ3) is 2.91. The molecule has 0 bridgehead atoms. The maximum absolute atomic E-state index is 9.58. The van der Waals surface area contributed by atoms with Crippen molar-refractivity contribution in [3.8, 4) is 11.5 Å². The molecular weight excluding hydrogens is 323 g/mol. The maximum atomic E-state index is 9.58. The Hall–Kier alpha value is -0.490. The number of hydrogen-bond acceptors (Lipinski definition) is 4. The number of hydrogen-bond donors (Lipinski definition) is 2. The summed E-state index contributed by atoms with van der Waals surface area (Å²) in [5, 5.41) is 19.0. The number of methoxy groups -OCH3 is 2. The van der Waals surface area contributed by atoms with E-state index in [4.69, 9.17) is 26.2 Å². The number of aliphatic hydroxyl groups excluding tert-OH is 2. The highest BCUT2D eigenvalue weighted by Crippen LogP contribution is 2.44. The van der Waals surface area contributed by atoms with Gasteiger partial charge in [-0.2, -0.15) is 0 Å². The summed E-state index contributed by atoms with van der Waals surface area (Å²) in [7, 11) is 3.03. The normalized spacial score (nSPS) is 12.4. The molecule has 0 radical (unpaired) electrons. The van der Waals surface area contributed by atoms with E-state index >= 15 is 0 Å². The van der Waals surface area contributed by atoms with E-state index in [0.29, 0.717) is 22.1 Å². The summed E-state index contributed by atoms with van der Waals surface area (Å²) in [6.45, 7) is 1.50. The second-order valence-corrected chi connectivity index (χ2v) is 5.01. The van der Waals surface area contributed by atoms with Gasteiger partial charge in [0.2, 0.25) is 0 Å². The van der Waals surface area contributed by atoms with Gasteiger partial charge in [0.25, 0.3) is 0 Å². The van der Waals surface area contributed by atoms with Crippen LogP contribution in [0.15, 0.2) is 4.47 Å². The highest BCUT2D eigenvalue weighted by Gasteiger charge is 2.23. The van der Waals surface area contributed by atoms with Crippen LogP contribution >= 0.6 is 27.5 Å². The van der Waals surface area contributed by atoms with Gasteiger partial charge in [0.05, 0.1) is 36.4 Å². The van der Waals surface area contributed by atoms with Crippen molar-refractivity contribution in [1.29, 1.82) is 0 Å². The molecule has 1 aromatic carbocycles. The van der Waals surface area contributed by atoms with Crippen LogP contribution in [0.5, 0.6) is 11.5 Å². The molecule has 6 heteroatoms. The number of halogens is 2. The number of ether oxygens (including phenoxy) is 2. The van der Waals surface area contributed by atoms with Crippen molar-refractivity contribution in [2.45, 2.75) is 19.4 Å². The van der Waals surface area contributed by atoms with Crippen LogP contribution in [0.1, 0.15) is 11.1 Å². The van der Waals surface area contributed by atoms with Crippen molar-refractivity contribution in [3.63, 3.8) is 0 Å². The first-order valence-corrected chi connectivity index (χ1v) is 6.52. The lowest BCUT2D eigenvalue weighted by Crippen LogP contribution is -2.16. The SMILES string of the molecule is COc1c(Cl)c(C)c(Br)c(OC)c1CC(O)CO. The molecule has 4 nitrogen and oxygen atoms in total. The molecule has 1 aromatic rings. The predicted octanol–water partition coefficient (Wildman–Crippen LogP) is 2.32. The van der Waals surface area contributed by atoms with Gasteiger partial charge in [0.15, 0.2) is 0 Å². The molecule has 0 spiro atoms. The van der Waals surface area contributed by atoms with E-state index < -0.39 is 6.10 Å². The number of aliphatic hydroxyl groups is 2. The molecule has 0 amide bonds. The van der Waals surface area contributed by atoms with Gasteiger partial charge in [-0.15, -0.1) is 0 Å². The van der Waals surface area contributed by atoms with E-state index in [1.807, 2.05) is 6.92 Å². The fraction of sp³-hybridized carbons (Fsp3) is 0.500. The quantitative estimate of drug-likeness (QED) is 0.864. The van der Waals surface area contributed by atoms with Crippen LogP contribution in [-0.4, -0.2) is 37.1 Å². The minimum Gasteiger partial charge on any atom is -0.495 e. The summed E-state index contributed by atoms with van der Waals surface area (Å²) >= 11 is 9.61. The van der Waals surface area contributed by atoms with Gasteiger partial charge in [0.1, 0.15) is 11.5 Å². The zero-order valence-electron chi connectivity index (χ0n) is 10.5. The van der Waals surface area contributed by atoms with Crippen molar-refractivity contribution >= 4 is 27.5 Å². The molecule has 1 rings (SSSR count). The minimum absolute atomic E-state index is 0.196. The Morgan fingerprint density at radius 2 is 1.83 bits per heavy atom. The fourth-order valence-corrected chi connectivity index (χ4v) is 2.72. The van der Waals surface area contributed by atoms with Crippen molar-refractivity contribution in [3.05, 3.63) is 20.6 Å². The lowest BCUT2D eigenvalue weighted by Gasteiger charge is -2.20. The lowest BCUT2D eigenvalue weighted by atomic mass is 10.0. The van der Waals surface area contributed by atoms with Gasteiger partial charge in [-0.1, -0.05) is 11.6 Å². The molecule has 0 fully saturated rings. The Labute approximate surface area is 120 Å². The Kier molecular flexibility index (Phi) is 5.72. The van der Waals surface area contributed by atoms with E-state index in [2.05, 4.69) is 15.9 Å². The van der Waals surface area contributed by atoms with Crippen LogP contribution in [0.4, 0.5) is 0 Å². The first kappa shape index (κ1) is 15.6. The molecule has 18 heavy (non-hydrogen) atoms. The number of rotatable bonds is 5. The van der Waals surface area contributed by atoms with Gasteiger partial charge in [-0.05, 0) is 28.4 Å². The lowest BCUT2D eigenvalue weighted by molar-refractivity contribution is 0.0944. The van der Waals surface area contributed by atoms with Crippen molar-refractivity contribution < 1.29 is 19.7 Å². The highest BCUT2D eigenvalue weighted by atomic mass is 79.9. The van der Waals surface area contributed by atoms with Gasteiger partial charge < -0.3 is 19.7 Å².